The molecule has 7 nitrogen and oxygen atoms in total. The van der Waals surface area contributed by atoms with Gasteiger partial charge in [-0.1, -0.05) is 0 Å². The molecule has 0 fully saturated rings. The van der Waals surface area contributed by atoms with E-state index in [9.17, 15) is 23.2 Å². The second kappa shape index (κ2) is 6.64. The zero-order chi connectivity index (χ0) is 16.2. The lowest BCUT2D eigenvalue weighted by atomic mass is 10.2. The van der Waals surface area contributed by atoms with Gasteiger partial charge in [-0.15, -0.1) is 0 Å². The number of carboxylic acid groups (broad SMARTS) is 1. The van der Waals surface area contributed by atoms with Crippen LogP contribution in [0.15, 0.2) is 12.1 Å². The van der Waals surface area contributed by atoms with Crippen molar-refractivity contribution in [1.29, 1.82) is 0 Å². The maximum atomic E-state index is 13.4. The molecule has 1 atom stereocenters. The van der Waals surface area contributed by atoms with Crippen molar-refractivity contribution in [3.63, 3.8) is 0 Å². The summed E-state index contributed by atoms with van der Waals surface area (Å²) in [6.07, 6.45) is 0. The number of amides is 2. The second-order valence-electron chi connectivity index (χ2n) is 3.96. The predicted octanol–water partition coefficient (Wildman–Crippen LogP) is 1.35. The Kier molecular flexibility index (Phi) is 5.17. The molecule has 21 heavy (non-hydrogen) atoms. The molecule has 0 bridgehead atoms. The highest BCUT2D eigenvalue weighted by molar-refractivity contribution is 5.95. The Hall–Kier alpha value is -2.71. The van der Waals surface area contributed by atoms with Crippen molar-refractivity contribution < 1.29 is 33.0 Å². The van der Waals surface area contributed by atoms with Crippen molar-refractivity contribution >= 4 is 23.7 Å². The quantitative estimate of drug-likeness (QED) is 0.728. The first-order valence-electron chi connectivity index (χ1n) is 5.64. The maximum absolute atomic E-state index is 13.4. The zero-order valence-corrected chi connectivity index (χ0v) is 11.1. The fourth-order valence-electron chi connectivity index (χ4n) is 1.40. The molecule has 0 heterocycles. The molecule has 2 amide bonds. The summed E-state index contributed by atoms with van der Waals surface area (Å²) >= 11 is 0. The normalized spacial score (nSPS) is 11.4. The van der Waals surface area contributed by atoms with E-state index in [1.54, 1.807) is 0 Å². The van der Waals surface area contributed by atoms with Crippen LogP contribution < -0.4 is 10.6 Å². The Bertz CT molecular complexity index is 591. The first kappa shape index (κ1) is 16.3. The molecule has 1 aromatic carbocycles. The Labute approximate surface area is 117 Å². The fourth-order valence-corrected chi connectivity index (χ4v) is 1.40. The smallest absolute Gasteiger partial charge is 0.338 e. The van der Waals surface area contributed by atoms with Crippen molar-refractivity contribution in [2.24, 2.45) is 0 Å². The van der Waals surface area contributed by atoms with E-state index >= 15 is 0 Å². The summed E-state index contributed by atoms with van der Waals surface area (Å²) in [5, 5.41) is 12.8. The van der Waals surface area contributed by atoms with Gasteiger partial charge in [0.1, 0.15) is 17.7 Å². The molecule has 0 aliphatic carbocycles. The molecule has 0 spiro atoms. The van der Waals surface area contributed by atoms with Crippen LogP contribution in [0.4, 0.5) is 19.3 Å². The summed E-state index contributed by atoms with van der Waals surface area (Å²) in [7, 11) is 1.12. The number of nitrogens with one attached hydrogen (secondary N) is 2. The number of esters is 1. The van der Waals surface area contributed by atoms with Crippen LogP contribution >= 0.6 is 0 Å². The van der Waals surface area contributed by atoms with Gasteiger partial charge < -0.3 is 20.5 Å². The lowest BCUT2D eigenvalue weighted by Gasteiger charge is -2.13. The van der Waals surface area contributed by atoms with Gasteiger partial charge in [0.05, 0.1) is 18.4 Å². The number of halogens is 2. The van der Waals surface area contributed by atoms with E-state index in [4.69, 9.17) is 5.11 Å². The molecule has 0 saturated carbocycles. The number of carbonyl (C=O) groups is 3. The van der Waals surface area contributed by atoms with E-state index in [0.717, 1.165) is 7.11 Å². The number of anilines is 1. The van der Waals surface area contributed by atoms with Gasteiger partial charge in [0, 0.05) is 6.07 Å². The van der Waals surface area contributed by atoms with E-state index in [-0.39, 0.29) is 0 Å². The number of benzene rings is 1. The Morgan fingerprint density at radius 2 is 1.86 bits per heavy atom. The van der Waals surface area contributed by atoms with Gasteiger partial charge in [0.2, 0.25) is 0 Å². The minimum atomic E-state index is -1.61. The maximum Gasteiger partial charge on any atom is 0.338 e. The van der Waals surface area contributed by atoms with Gasteiger partial charge in [-0.05, 0) is 13.0 Å². The first-order chi connectivity index (χ1) is 9.76. The molecular formula is C12H12F2N2O5. The molecule has 1 aromatic rings. The summed E-state index contributed by atoms with van der Waals surface area (Å²) in [5.74, 6) is -4.76. The monoisotopic (exact) mass is 302 g/mol. The lowest BCUT2D eigenvalue weighted by Crippen LogP contribution is -2.41. The van der Waals surface area contributed by atoms with Crippen molar-refractivity contribution in [2.75, 3.05) is 12.4 Å². The number of carbonyl (C=O) groups excluding carboxylic acids is 2. The number of aromatic carboxylic acids is 1. The highest BCUT2D eigenvalue weighted by Crippen LogP contribution is 2.19. The summed E-state index contributed by atoms with van der Waals surface area (Å²) in [5.41, 5.74) is -1.34. The van der Waals surface area contributed by atoms with Gasteiger partial charge in [0.25, 0.3) is 0 Å². The number of hydrogen-bond acceptors (Lipinski definition) is 4. The standard InChI is InChI=1S/C12H12F2N2O5/c1-5(11(19)21-2)15-12(20)16-9-3-6(10(17)18)7(13)4-8(9)14/h3-5H,1-2H3,(H,17,18)(H2,15,16,20). The predicted molar refractivity (Wildman–Crippen MR) is 66.9 cm³/mol. The van der Waals surface area contributed by atoms with E-state index in [0.29, 0.717) is 12.1 Å². The van der Waals surface area contributed by atoms with Crippen LogP contribution in [-0.4, -0.2) is 36.2 Å². The van der Waals surface area contributed by atoms with Gasteiger partial charge in [-0.2, -0.15) is 0 Å². The molecule has 0 radical (unpaired) electrons. The summed E-state index contributed by atoms with van der Waals surface area (Å²) < 4.78 is 31.0. The van der Waals surface area contributed by atoms with Crippen molar-refractivity contribution in [3.05, 3.63) is 29.3 Å². The van der Waals surface area contributed by atoms with Crippen LogP contribution in [0.25, 0.3) is 0 Å². The Morgan fingerprint density at radius 1 is 1.24 bits per heavy atom. The fraction of sp³-hybridized carbons (Fsp3) is 0.250. The van der Waals surface area contributed by atoms with E-state index in [1.807, 2.05) is 5.32 Å². The molecule has 0 saturated heterocycles. The largest absolute Gasteiger partial charge is 0.478 e. The molecule has 9 heteroatoms. The van der Waals surface area contributed by atoms with Crippen LogP contribution in [0.1, 0.15) is 17.3 Å². The van der Waals surface area contributed by atoms with Gasteiger partial charge in [-0.3, -0.25) is 0 Å². The third-order valence-corrected chi connectivity index (χ3v) is 2.44. The average molecular weight is 302 g/mol. The van der Waals surface area contributed by atoms with Gasteiger partial charge >= 0.3 is 18.0 Å². The Morgan fingerprint density at radius 3 is 2.38 bits per heavy atom. The van der Waals surface area contributed by atoms with Gasteiger partial charge in [-0.25, -0.2) is 23.2 Å². The molecule has 1 rings (SSSR count). The van der Waals surface area contributed by atoms with Crippen LogP contribution in [-0.2, 0) is 9.53 Å². The molecule has 114 valence electrons. The topological polar surface area (TPSA) is 105 Å². The van der Waals surface area contributed by atoms with Crippen molar-refractivity contribution in [2.45, 2.75) is 13.0 Å². The lowest BCUT2D eigenvalue weighted by molar-refractivity contribution is -0.142. The first-order valence-corrected chi connectivity index (χ1v) is 5.64. The summed E-state index contributed by atoms with van der Waals surface area (Å²) in [6, 6.07) is -1.01. The molecule has 0 aliphatic heterocycles. The van der Waals surface area contributed by atoms with Crippen LogP contribution in [0.5, 0.6) is 0 Å². The highest BCUT2D eigenvalue weighted by Gasteiger charge is 2.19. The summed E-state index contributed by atoms with van der Waals surface area (Å²) in [6.45, 7) is 1.33. The van der Waals surface area contributed by atoms with Crippen LogP contribution in [0, 0.1) is 11.6 Å². The van der Waals surface area contributed by atoms with Crippen LogP contribution in [0.2, 0.25) is 0 Å². The number of ether oxygens (including phenoxy) is 1. The van der Waals surface area contributed by atoms with Crippen molar-refractivity contribution in [1.82, 2.24) is 5.32 Å². The summed E-state index contributed by atoms with van der Waals surface area (Å²) in [4.78, 5) is 33.3. The molecular weight excluding hydrogens is 290 g/mol. The number of urea groups is 1. The zero-order valence-electron chi connectivity index (χ0n) is 11.1. The van der Waals surface area contributed by atoms with E-state index < -0.39 is 46.9 Å². The van der Waals surface area contributed by atoms with Crippen molar-refractivity contribution in [3.8, 4) is 0 Å². The molecule has 3 N–H and O–H groups in total. The highest BCUT2D eigenvalue weighted by atomic mass is 19.1. The van der Waals surface area contributed by atoms with E-state index in [1.165, 1.54) is 6.92 Å². The third kappa shape index (κ3) is 4.13. The van der Waals surface area contributed by atoms with E-state index in [2.05, 4.69) is 10.1 Å². The second-order valence-corrected chi connectivity index (χ2v) is 3.96. The average Bonchev–Trinajstić information content (AvgIpc) is 2.40. The number of rotatable bonds is 4. The number of hydrogen-bond donors (Lipinski definition) is 3. The minimum absolute atomic E-state index is 0.336. The van der Waals surface area contributed by atoms with Gasteiger partial charge in [0.15, 0.2) is 0 Å². The SMILES string of the molecule is COC(=O)C(C)NC(=O)Nc1cc(C(=O)O)c(F)cc1F. The molecule has 0 aliphatic rings. The Balaban J connectivity index is 2.88. The third-order valence-electron chi connectivity index (χ3n) is 2.44. The number of methoxy groups -OCH3 is 1. The molecule has 1 unspecified atom stereocenters. The molecule has 0 aromatic heterocycles. The minimum Gasteiger partial charge on any atom is -0.478 e. The van der Waals surface area contributed by atoms with Crippen LogP contribution in [0.3, 0.4) is 0 Å². The number of carboxylic acids is 1.